The fraction of sp³-hybridized carbons (Fsp3) is 1.00. The van der Waals surface area contributed by atoms with Crippen molar-refractivity contribution < 1.29 is 0 Å². The van der Waals surface area contributed by atoms with Crippen molar-refractivity contribution in [2.45, 2.75) is 51.6 Å². The maximum atomic E-state index is 3.57. The molecule has 1 rings (SSSR count). The molecule has 0 aromatic rings. The van der Waals surface area contributed by atoms with Crippen LogP contribution in [0.2, 0.25) is 0 Å². The second-order valence-electron chi connectivity index (χ2n) is 5.09. The highest BCUT2D eigenvalue weighted by atomic mass is 15.1. The van der Waals surface area contributed by atoms with E-state index in [0.29, 0.717) is 12.1 Å². The van der Waals surface area contributed by atoms with E-state index in [1.54, 1.807) is 0 Å². The van der Waals surface area contributed by atoms with Gasteiger partial charge in [0.25, 0.3) is 0 Å². The minimum absolute atomic E-state index is 0.703. The van der Waals surface area contributed by atoms with Gasteiger partial charge >= 0.3 is 0 Å². The normalized spacial score (nSPS) is 23.6. The minimum atomic E-state index is 0.703. The monoisotopic (exact) mass is 227 g/mol. The fourth-order valence-electron chi connectivity index (χ4n) is 2.16. The Morgan fingerprint density at radius 3 is 2.88 bits per heavy atom. The summed E-state index contributed by atoms with van der Waals surface area (Å²) in [7, 11) is 2.22. The summed E-state index contributed by atoms with van der Waals surface area (Å²) in [5.41, 5.74) is 0. The molecule has 1 aliphatic rings. The van der Waals surface area contributed by atoms with Gasteiger partial charge in [-0.05, 0) is 39.8 Å². The molecule has 0 radical (unpaired) electrons. The molecular formula is C13H29N3. The van der Waals surface area contributed by atoms with Gasteiger partial charge in [-0.2, -0.15) is 0 Å². The predicted molar refractivity (Wildman–Crippen MR) is 70.9 cm³/mol. The highest BCUT2D eigenvalue weighted by molar-refractivity contribution is 4.74. The lowest BCUT2D eigenvalue weighted by molar-refractivity contribution is 0.249. The third-order valence-electron chi connectivity index (χ3n) is 3.79. The van der Waals surface area contributed by atoms with Gasteiger partial charge in [0.05, 0.1) is 0 Å². The number of nitrogens with one attached hydrogen (secondary N) is 2. The maximum absolute atomic E-state index is 3.57. The zero-order chi connectivity index (χ0) is 11.8. The van der Waals surface area contributed by atoms with Gasteiger partial charge in [-0.15, -0.1) is 0 Å². The number of piperidine rings is 1. The summed E-state index contributed by atoms with van der Waals surface area (Å²) in [6.45, 7) is 9.15. The summed E-state index contributed by atoms with van der Waals surface area (Å²) in [4.78, 5) is 2.43. The van der Waals surface area contributed by atoms with Crippen LogP contribution in [0.15, 0.2) is 0 Å². The van der Waals surface area contributed by atoms with Gasteiger partial charge in [0.2, 0.25) is 0 Å². The van der Waals surface area contributed by atoms with Gasteiger partial charge in [0, 0.05) is 31.7 Å². The van der Waals surface area contributed by atoms with E-state index in [-0.39, 0.29) is 0 Å². The maximum Gasteiger partial charge on any atom is 0.0192 e. The molecule has 1 aliphatic heterocycles. The Kier molecular flexibility index (Phi) is 7.01. The molecule has 0 aromatic heterocycles. The number of hydrogen-bond acceptors (Lipinski definition) is 3. The standard InChI is InChI=1S/C13H29N3/c1-4-12(2)16(3)10-9-14-11-13-7-5-6-8-15-13/h12-15H,4-11H2,1-3H3. The number of hydrogen-bond donors (Lipinski definition) is 2. The predicted octanol–water partition coefficient (Wildman–Crippen LogP) is 1.45. The molecule has 0 spiro atoms. The van der Waals surface area contributed by atoms with Crippen LogP contribution in [0.25, 0.3) is 0 Å². The molecule has 16 heavy (non-hydrogen) atoms. The molecule has 0 bridgehead atoms. The Labute approximate surface area is 101 Å². The van der Waals surface area contributed by atoms with E-state index < -0.39 is 0 Å². The molecule has 3 nitrogen and oxygen atoms in total. The van der Waals surface area contributed by atoms with E-state index in [1.807, 2.05) is 0 Å². The Morgan fingerprint density at radius 2 is 2.25 bits per heavy atom. The Hall–Kier alpha value is -0.120. The van der Waals surface area contributed by atoms with Gasteiger partial charge in [-0.3, -0.25) is 0 Å². The van der Waals surface area contributed by atoms with E-state index in [4.69, 9.17) is 0 Å². The van der Waals surface area contributed by atoms with Gasteiger partial charge < -0.3 is 15.5 Å². The number of rotatable bonds is 7. The Morgan fingerprint density at radius 1 is 1.44 bits per heavy atom. The number of likely N-dealkylation sites (N-methyl/N-ethyl adjacent to an activating group) is 1. The van der Waals surface area contributed by atoms with Crippen molar-refractivity contribution in [1.82, 2.24) is 15.5 Å². The number of nitrogens with zero attached hydrogens (tertiary/aromatic N) is 1. The second kappa shape index (κ2) is 8.04. The Bertz CT molecular complexity index is 163. The van der Waals surface area contributed by atoms with Crippen molar-refractivity contribution in [3.05, 3.63) is 0 Å². The van der Waals surface area contributed by atoms with E-state index in [0.717, 1.165) is 19.6 Å². The quantitative estimate of drug-likeness (QED) is 0.645. The van der Waals surface area contributed by atoms with Crippen LogP contribution in [-0.4, -0.2) is 50.2 Å². The molecule has 0 aromatic carbocycles. The lowest BCUT2D eigenvalue weighted by Gasteiger charge is -2.26. The van der Waals surface area contributed by atoms with Crippen molar-refractivity contribution in [2.24, 2.45) is 0 Å². The van der Waals surface area contributed by atoms with E-state index in [2.05, 4.69) is 36.4 Å². The van der Waals surface area contributed by atoms with Gasteiger partial charge in [0.1, 0.15) is 0 Å². The highest BCUT2D eigenvalue weighted by Gasteiger charge is 2.11. The zero-order valence-corrected chi connectivity index (χ0v) is 11.3. The molecule has 0 saturated carbocycles. The SMILES string of the molecule is CCC(C)N(C)CCNCC1CCCCN1. The minimum Gasteiger partial charge on any atom is -0.314 e. The highest BCUT2D eigenvalue weighted by Crippen LogP contribution is 2.05. The summed E-state index contributed by atoms with van der Waals surface area (Å²) in [6, 6.07) is 1.41. The first-order valence-corrected chi connectivity index (χ1v) is 6.88. The van der Waals surface area contributed by atoms with Crippen LogP contribution in [0.1, 0.15) is 39.5 Å². The summed E-state index contributed by atoms with van der Waals surface area (Å²) in [6.07, 6.45) is 5.33. The van der Waals surface area contributed by atoms with Gasteiger partial charge in [-0.25, -0.2) is 0 Å². The third-order valence-corrected chi connectivity index (χ3v) is 3.79. The summed E-state index contributed by atoms with van der Waals surface area (Å²) in [5, 5.41) is 7.13. The largest absolute Gasteiger partial charge is 0.314 e. The van der Waals surface area contributed by atoms with Crippen LogP contribution < -0.4 is 10.6 Å². The molecule has 3 heteroatoms. The van der Waals surface area contributed by atoms with Crippen LogP contribution in [0.5, 0.6) is 0 Å². The van der Waals surface area contributed by atoms with Crippen molar-refractivity contribution in [3.63, 3.8) is 0 Å². The zero-order valence-electron chi connectivity index (χ0n) is 11.3. The molecule has 96 valence electrons. The van der Waals surface area contributed by atoms with Crippen LogP contribution >= 0.6 is 0 Å². The van der Waals surface area contributed by atoms with Gasteiger partial charge in [0.15, 0.2) is 0 Å². The molecular weight excluding hydrogens is 198 g/mol. The molecule has 0 amide bonds. The van der Waals surface area contributed by atoms with Crippen LogP contribution in [-0.2, 0) is 0 Å². The molecule has 2 N–H and O–H groups in total. The van der Waals surface area contributed by atoms with Crippen LogP contribution in [0, 0.1) is 0 Å². The third kappa shape index (κ3) is 5.28. The first kappa shape index (κ1) is 13.9. The first-order chi connectivity index (χ1) is 7.74. The second-order valence-corrected chi connectivity index (χ2v) is 5.09. The lowest BCUT2D eigenvalue weighted by atomic mass is 10.1. The van der Waals surface area contributed by atoms with Crippen LogP contribution in [0.4, 0.5) is 0 Å². The van der Waals surface area contributed by atoms with E-state index >= 15 is 0 Å². The summed E-state index contributed by atoms with van der Waals surface area (Å²) < 4.78 is 0. The average Bonchev–Trinajstić information content (AvgIpc) is 2.34. The smallest absolute Gasteiger partial charge is 0.0192 e. The lowest BCUT2D eigenvalue weighted by Crippen LogP contribution is -2.43. The molecule has 1 heterocycles. The first-order valence-electron chi connectivity index (χ1n) is 6.88. The van der Waals surface area contributed by atoms with Crippen molar-refractivity contribution in [2.75, 3.05) is 33.2 Å². The molecule has 0 aliphatic carbocycles. The van der Waals surface area contributed by atoms with E-state index in [9.17, 15) is 0 Å². The fourth-order valence-corrected chi connectivity index (χ4v) is 2.16. The topological polar surface area (TPSA) is 27.3 Å². The summed E-state index contributed by atoms with van der Waals surface area (Å²) >= 11 is 0. The van der Waals surface area contributed by atoms with Crippen molar-refractivity contribution >= 4 is 0 Å². The van der Waals surface area contributed by atoms with Crippen LogP contribution in [0.3, 0.4) is 0 Å². The van der Waals surface area contributed by atoms with E-state index in [1.165, 1.54) is 32.2 Å². The average molecular weight is 227 g/mol. The molecule has 1 saturated heterocycles. The molecule has 1 fully saturated rings. The Balaban J connectivity index is 1.98. The molecule has 2 unspecified atom stereocenters. The van der Waals surface area contributed by atoms with Gasteiger partial charge in [-0.1, -0.05) is 13.3 Å². The summed E-state index contributed by atoms with van der Waals surface area (Å²) in [5.74, 6) is 0. The van der Waals surface area contributed by atoms with Crippen molar-refractivity contribution in [1.29, 1.82) is 0 Å². The molecule has 2 atom stereocenters. The van der Waals surface area contributed by atoms with Crippen molar-refractivity contribution in [3.8, 4) is 0 Å².